The third kappa shape index (κ3) is 3.88. The van der Waals surface area contributed by atoms with Crippen molar-refractivity contribution in [2.75, 3.05) is 11.9 Å². The summed E-state index contributed by atoms with van der Waals surface area (Å²) in [5.74, 6) is 2.64. The van der Waals surface area contributed by atoms with Crippen molar-refractivity contribution in [1.82, 2.24) is 15.1 Å². The molecule has 120 valence electrons. The predicted octanol–water partition coefficient (Wildman–Crippen LogP) is 4.55. The summed E-state index contributed by atoms with van der Waals surface area (Å²) < 4.78 is 6.25. The van der Waals surface area contributed by atoms with E-state index >= 15 is 0 Å². The molecule has 2 heterocycles. The summed E-state index contributed by atoms with van der Waals surface area (Å²) in [7, 11) is 0. The molecule has 0 saturated heterocycles. The van der Waals surface area contributed by atoms with Gasteiger partial charge in [-0.2, -0.15) is 4.98 Å². The van der Waals surface area contributed by atoms with Crippen molar-refractivity contribution < 1.29 is 4.52 Å². The Labute approximate surface area is 143 Å². The van der Waals surface area contributed by atoms with Crippen molar-refractivity contribution in [2.24, 2.45) is 0 Å². The van der Waals surface area contributed by atoms with Gasteiger partial charge in [-0.05, 0) is 40.5 Å². The number of fused-ring (bicyclic) bond motifs is 1. The second-order valence-corrected chi connectivity index (χ2v) is 6.59. The van der Waals surface area contributed by atoms with Crippen LogP contribution in [0.5, 0.6) is 0 Å². The standard InChI is InChI=1S/C17H19BrN4O/c1-11(2)17-21-15(23-22-17)7-4-10-19-14-9-8-12-5-3-6-13(18)16(12)20-14/h3,5-6,8-9,11H,4,7,10H2,1-2H3,(H,19,20). The lowest BCUT2D eigenvalue weighted by Gasteiger charge is -2.06. The summed E-state index contributed by atoms with van der Waals surface area (Å²) in [5.41, 5.74) is 0.968. The first-order valence-electron chi connectivity index (χ1n) is 7.75. The van der Waals surface area contributed by atoms with E-state index in [-0.39, 0.29) is 0 Å². The number of anilines is 1. The Morgan fingerprint density at radius 3 is 2.83 bits per heavy atom. The van der Waals surface area contributed by atoms with Gasteiger partial charge in [0, 0.05) is 28.7 Å². The van der Waals surface area contributed by atoms with Crippen LogP contribution in [-0.4, -0.2) is 21.7 Å². The van der Waals surface area contributed by atoms with E-state index in [9.17, 15) is 0 Å². The van der Waals surface area contributed by atoms with Gasteiger partial charge in [0.25, 0.3) is 0 Å². The van der Waals surface area contributed by atoms with E-state index in [1.165, 1.54) is 0 Å². The van der Waals surface area contributed by atoms with Gasteiger partial charge in [0.2, 0.25) is 5.89 Å². The van der Waals surface area contributed by atoms with Crippen LogP contribution in [0.4, 0.5) is 5.82 Å². The Morgan fingerprint density at radius 2 is 2.04 bits per heavy atom. The number of halogens is 1. The molecule has 3 aromatic rings. The van der Waals surface area contributed by atoms with Gasteiger partial charge in [0.1, 0.15) is 5.82 Å². The Kier molecular flexibility index (Phi) is 4.91. The van der Waals surface area contributed by atoms with E-state index < -0.39 is 0 Å². The fourth-order valence-corrected chi connectivity index (χ4v) is 2.74. The Bertz CT molecular complexity index is 800. The number of benzene rings is 1. The highest BCUT2D eigenvalue weighted by Crippen LogP contribution is 2.23. The molecule has 1 aromatic carbocycles. The van der Waals surface area contributed by atoms with Gasteiger partial charge in [0.15, 0.2) is 5.82 Å². The van der Waals surface area contributed by atoms with Gasteiger partial charge < -0.3 is 9.84 Å². The number of aryl methyl sites for hydroxylation is 1. The van der Waals surface area contributed by atoms with Crippen LogP contribution >= 0.6 is 15.9 Å². The zero-order valence-electron chi connectivity index (χ0n) is 13.2. The number of hydrogen-bond acceptors (Lipinski definition) is 5. The minimum absolute atomic E-state index is 0.297. The number of rotatable bonds is 6. The highest BCUT2D eigenvalue weighted by molar-refractivity contribution is 9.10. The third-order valence-corrected chi connectivity index (χ3v) is 4.18. The number of nitrogens with one attached hydrogen (secondary N) is 1. The first kappa shape index (κ1) is 15.9. The molecule has 0 atom stereocenters. The first-order chi connectivity index (χ1) is 11.1. The SMILES string of the molecule is CC(C)c1noc(CCCNc2ccc3cccc(Br)c3n2)n1. The molecule has 5 nitrogen and oxygen atoms in total. The minimum Gasteiger partial charge on any atom is -0.370 e. The molecule has 6 heteroatoms. The van der Waals surface area contributed by atoms with Crippen LogP contribution in [0, 0.1) is 0 Å². The molecular formula is C17H19BrN4O. The molecule has 0 saturated carbocycles. The minimum atomic E-state index is 0.297. The van der Waals surface area contributed by atoms with Crippen LogP contribution in [0.3, 0.4) is 0 Å². The predicted molar refractivity (Wildman–Crippen MR) is 94.6 cm³/mol. The Hall–Kier alpha value is -1.95. The lowest BCUT2D eigenvalue weighted by molar-refractivity contribution is 0.369. The van der Waals surface area contributed by atoms with Crippen molar-refractivity contribution in [3.05, 3.63) is 46.5 Å². The zero-order valence-corrected chi connectivity index (χ0v) is 14.8. The molecule has 0 fully saturated rings. The van der Waals surface area contributed by atoms with Crippen molar-refractivity contribution in [1.29, 1.82) is 0 Å². The average molecular weight is 375 g/mol. The van der Waals surface area contributed by atoms with Gasteiger partial charge in [-0.3, -0.25) is 0 Å². The number of para-hydroxylation sites is 1. The fraction of sp³-hybridized carbons (Fsp3) is 0.353. The maximum Gasteiger partial charge on any atom is 0.226 e. The maximum absolute atomic E-state index is 5.24. The molecule has 0 spiro atoms. The number of pyridine rings is 1. The second kappa shape index (κ2) is 7.08. The van der Waals surface area contributed by atoms with Crippen LogP contribution in [0.15, 0.2) is 39.3 Å². The average Bonchev–Trinajstić information content (AvgIpc) is 3.01. The van der Waals surface area contributed by atoms with Crippen LogP contribution in [0.2, 0.25) is 0 Å². The quantitative estimate of drug-likeness (QED) is 0.641. The molecule has 0 aliphatic carbocycles. The number of hydrogen-bond donors (Lipinski definition) is 1. The van der Waals surface area contributed by atoms with Crippen LogP contribution in [0.25, 0.3) is 10.9 Å². The summed E-state index contributed by atoms with van der Waals surface area (Å²) in [6, 6.07) is 10.1. The van der Waals surface area contributed by atoms with Crippen molar-refractivity contribution in [2.45, 2.75) is 32.6 Å². The highest BCUT2D eigenvalue weighted by Gasteiger charge is 2.09. The lowest BCUT2D eigenvalue weighted by Crippen LogP contribution is -2.05. The number of nitrogens with zero attached hydrogens (tertiary/aromatic N) is 3. The molecule has 0 unspecified atom stereocenters. The van der Waals surface area contributed by atoms with Gasteiger partial charge in [-0.1, -0.05) is 31.1 Å². The van der Waals surface area contributed by atoms with Crippen molar-refractivity contribution in [3.8, 4) is 0 Å². The van der Waals surface area contributed by atoms with Gasteiger partial charge in [-0.25, -0.2) is 4.98 Å². The highest BCUT2D eigenvalue weighted by atomic mass is 79.9. The van der Waals surface area contributed by atoms with E-state index in [0.717, 1.165) is 46.4 Å². The molecule has 23 heavy (non-hydrogen) atoms. The largest absolute Gasteiger partial charge is 0.370 e. The molecule has 3 rings (SSSR count). The van der Waals surface area contributed by atoms with E-state index in [0.29, 0.717) is 11.8 Å². The summed E-state index contributed by atoms with van der Waals surface area (Å²) in [4.78, 5) is 9.02. The van der Waals surface area contributed by atoms with E-state index in [1.807, 2.05) is 18.2 Å². The molecule has 0 aliphatic rings. The first-order valence-corrected chi connectivity index (χ1v) is 8.54. The van der Waals surface area contributed by atoms with Gasteiger partial charge in [0.05, 0.1) is 5.52 Å². The topological polar surface area (TPSA) is 63.8 Å². The molecular weight excluding hydrogens is 356 g/mol. The maximum atomic E-state index is 5.24. The monoisotopic (exact) mass is 374 g/mol. The van der Waals surface area contributed by atoms with E-state index in [4.69, 9.17) is 4.52 Å². The summed E-state index contributed by atoms with van der Waals surface area (Å²) >= 11 is 3.54. The third-order valence-electron chi connectivity index (χ3n) is 3.54. The van der Waals surface area contributed by atoms with Crippen LogP contribution in [0.1, 0.15) is 37.9 Å². The second-order valence-electron chi connectivity index (χ2n) is 5.74. The van der Waals surface area contributed by atoms with E-state index in [2.05, 4.69) is 62.4 Å². The fourth-order valence-electron chi connectivity index (χ4n) is 2.27. The lowest BCUT2D eigenvalue weighted by atomic mass is 10.2. The van der Waals surface area contributed by atoms with Crippen molar-refractivity contribution >= 4 is 32.7 Å². The molecule has 0 aliphatic heterocycles. The summed E-state index contributed by atoms with van der Waals surface area (Å²) in [6.45, 7) is 4.92. The van der Waals surface area contributed by atoms with E-state index in [1.54, 1.807) is 0 Å². The summed E-state index contributed by atoms with van der Waals surface area (Å²) in [6.07, 6.45) is 1.68. The number of aromatic nitrogens is 3. The molecule has 1 N–H and O–H groups in total. The Morgan fingerprint density at radius 1 is 1.17 bits per heavy atom. The van der Waals surface area contributed by atoms with Gasteiger partial charge >= 0.3 is 0 Å². The van der Waals surface area contributed by atoms with Crippen molar-refractivity contribution in [3.63, 3.8) is 0 Å². The van der Waals surface area contributed by atoms with Crippen LogP contribution in [-0.2, 0) is 6.42 Å². The summed E-state index contributed by atoms with van der Waals surface area (Å²) in [5, 5.41) is 8.44. The smallest absolute Gasteiger partial charge is 0.226 e. The molecule has 0 radical (unpaired) electrons. The molecule has 0 amide bonds. The zero-order chi connectivity index (χ0) is 16.2. The van der Waals surface area contributed by atoms with Crippen LogP contribution < -0.4 is 5.32 Å². The normalized spacial score (nSPS) is 11.3. The van der Waals surface area contributed by atoms with Gasteiger partial charge in [-0.15, -0.1) is 0 Å². The Balaban J connectivity index is 1.55. The molecule has 0 bridgehead atoms. The molecule has 2 aromatic heterocycles.